The summed E-state index contributed by atoms with van der Waals surface area (Å²) < 4.78 is 11.0. The number of benzene rings is 2. The van der Waals surface area contributed by atoms with Gasteiger partial charge in [-0.1, -0.05) is 0 Å². The minimum absolute atomic E-state index is 0.0562. The summed E-state index contributed by atoms with van der Waals surface area (Å²) in [5.74, 6) is -0.233. The number of carbonyl (C=O) groups is 2. The molecule has 2 atom stereocenters. The van der Waals surface area contributed by atoms with Crippen molar-refractivity contribution in [2.75, 3.05) is 18.5 Å². The van der Waals surface area contributed by atoms with Gasteiger partial charge in [0.25, 0.3) is 17.5 Å². The van der Waals surface area contributed by atoms with Crippen LogP contribution < -0.4 is 15.4 Å². The molecule has 1 saturated heterocycles. The third-order valence-electron chi connectivity index (χ3n) is 4.66. The Labute approximate surface area is 173 Å². The first-order valence-electron chi connectivity index (χ1n) is 9.64. The van der Waals surface area contributed by atoms with Crippen molar-refractivity contribution in [1.82, 2.24) is 5.32 Å². The molecule has 2 aromatic carbocycles. The number of non-ortho nitro benzene ring substituents is 1. The van der Waals surface area contributed by atoms with Gasteiger partial charge in [-0.05, 0) is 56.2 Å². The molecule has 30 heavy (non-hydrogen) atoms. The Kier molecular flexibility index (Phi) is 6.97. The maximum atomic E-state index is 12.3. The van der Waals surface area contributed by atoms with Gasteiger partial charge >= 0.3 is 0 Å². The van der Waals surface area contributed by atoms with Crippen LogP contribution in [-0.2, 0) is 9.53 Å². The third kappa shape index (κ3) is 5.77. The van der Waals surface area contributed by atoms with Crippen molar-refractivity contribution < 1.29 is 24.0 Å². The van der Waals surface area contributed by atoms with E-state index in [-0.39, 0.29) is 23.6 Å². The standard InChI is InChI=1S/C21H23N3O6/c1-14(30-18-10-8-17(9-11-18)24(27)28)20(25)23-16-6-4-15(5-7-16)21(26)22-13-19-3-2-12-29-19/h4-11,14,19H,2-3,12-13H2,1H3,(H,22,26)(H,23,25). The van der Waals surface area contributed by atoms with Crippen LogP contribution in [0, 0.1) is 10.1 Å². The van der Waals surface area contributed by atoms with Crippen LogP contribution in [0.2, 0.25) is 0 Å². The smallest absolute Gasteiger partial charge is 0.269 e. The molecule has 9 nitrogen and oxygen atoms in total. The van der Waals surface area contributed by atoms with Gasteiger partial charge < -0.3 is 20.1 Å². The van der Waals surface area contributed by atoms with Crippen LogP contribution in [0.3, 0.4) is 0 Å². The van der Waals surface area contributed by atoms with E-state index in [9.17, 15) is 19.7 Å². The summed E-state index contributed by atoms with van der Waals surface area (Å²) in [5, 5.41) is 16.2. The first-order chi connectivity index (χ1) is 14.4. The van der Waals surface area contributed by atoms with Gasteiger partial charge in [0.05, 0.1) is 11.0 Å². The quantitative estimate of drug-likeness (QED) is 0.507. The number of rotatable bonds is 8. The lowest BCUT2D eigenvalue weighted by atomic mass is 10.1. The normalized spacial score (nSPS) is 16.5. The van der Waals surface area contributed by atoms with Crippen molar-refractivity contribution in [1.29, 1.82) is 0 Å². The number of nitrogens with zero attached hydrogens (tertiary/aromatic N) is 1. The lowest BCUT2D eigenvalue weighted by molar-refractivity contribution is -0.384. The molecule has 1 fully saturated rings. The molecule has 1 heterocycles. The Bertz CT molecular complexity index is 892. The molecule has 0 saturated carbocycles. The van der Waals surface area contributed by atoms with Crippen LogP contribution in [0.4, 0.5) is 11.4 Å². The van der Waals surface area contributed by atoms with Crippen LogP contribution in [0.25, 0.3) is 0 Å². The van der Waals surface area contributed by atoms with E-state index >= 15 is 0 Å². The summed E-state index contributed by atoms with van der Waals surface area (Å²) in [6, 6.07) is 12.0. The molecule has 2 unspecified atom stereocenters. The first kappa shape index (κ1) is 21.3. The summed E-state index contributed by atoms with van der Waals surface area (Å²) in [4.78, 5) is 34.7. The number of hydrogen-bond acceptors (Lipinski definition) is 6. The molecule has 0 aromatic heterocycles. The lowest BCUT2D eigenvalue weighted by Crippen LogP contribution is -2.32. The number of nitrogens with one attached hydrogen (secondary N) is 2. The van der Waals surface area contributed by atoms with Gasteiger partial charge in [-0.2, -0.15) is 0 Å². The molecule has 2 N–H and O–H groups in total. The van der Waals surface area contributed by atoms with E-state index < -0.39 is 11.0 Å². The average molecular weight is 413 g/mol. The van der Waals surface area contributed by atoms with Gasteiger partial charge in [-0.25, -0.2) is 0 Å². The van der Waals surface area contributed by atoms with Crippen molar-refractivity contribution >= 4 is 23.2 Å². The molecule has 1 aliphatic rings. The zero-order valence-corrected chi connectivity index (χ0v) is 16.5. The highest BCUT2D eigenvalue weighted by Crippen LogP contribution is 2.19. The van der Waals surface area contributed by atoms with Crippen molar-refractivity contribution in [2.45, 2.75) is 32.0 Å². The first-order valence-corrected chi connectivity index (χ1v) is 9.64. The van der Waals surface area contributed by atoms with Crippen LogP contribution >= 0.6 is 0 Å². The van der Waals surface area contributed by atoms with Gasteiger partial charge in [0, 0.05) is 36.5 Å². The number of amides is 2. The Morgan fingerprint density at radius 3 is 2.50 bits per heavy atom. The fourth-order valence-corrected chi connectivity index (χ4v) is 2.97. The summed E-state index contributed by atoms with van der Waals surface area (Å²) in [6.07, 6.45) is 1.22. The maximum absolute atomic E-state index is 12.3. The number of anilines is 1. The van der Waals surface area contributed by atoms with Gasteiger partial charge in [0.2, 0.25) is 0 Å². The van der Waals surface area contributed by atoms with Crippen LogP contribution in [0.15, 0.2) is 48.5 Å². The predicted octanol–water partition coefficient (Wildman–Crippen LogP) is 2.91. The van der Waals surface area contributed by atoms with E-state index in [1.54, 1.807) is 31.2 Å². The van der Waals surface area contributed by atoms with Crippen molar-refractivity contribution in [3.8, 4) is 5.75 Å². The number of carbonyl (C=O) groups excluding carboxylic acids is 2. The lowest BCUT2D eigenvalue weighted by Gasteiger charge is -2.15. The highest BCUT2D eigenvalue weighted by Gasteiger charge is 2.18. The van der Waals surface area contributed by atoms with E-state index in [2.05, 4.69) is 10.6 Å². The third-order valence-corrected chi connectivity index (χ3v) is 4.66. The van der Waals surface area contributed by atoms with Gasteiger partial charge in [0.1, 0.15) is 5.75 Å². The zero-order valence-electron chi connectivity index (χ0n) is 16.5. The van der Waals surface area contributed by atoms with E-state index in [1.165, 1.54) is 24.3 Å². The second-order valence-electron chi connectivity index (χ2n) is 6.92. The molecular weight excluding hydrogens is 390 g/mol. The van der Waals surface area contributed by atoms with E-state index in [4.69, 9.17) is 9.47 Å². The van der Waals surface area contributed by atoms with Crippen molar-refractivity contribution in [2.24, 2.45) is 0 Å². The minimum Gasteiger partial charge on any atom is -0.481 e. The summed E-state index contributed by atoms with van der Waals surface area (Å²) >= 11 is 0. The summed E-state index contributed by atoms with van der Waals surface area (Å²) in [6.45, 7) is 2.79. The minimum atomic E-state index is -0.819. The van der Waals surface area contributed by atoms with Gasteiger partial charge in [0.15, 0.2) is 6.10 Å². The topological polar surface area (TPSA) is 120 Å². The van der Waals surface area contributed by atoms with Crippen LogP contribution in [0.1, 0.15) is 30.1 Å². The number of nitro groups is 1. The van der Waals surface area contributed by atoms with E-state index in [0.29, 0.717) is 23.5 Å². The molecule has 2 amide bonds. The van der Waals surface area contributed by atoms with Crippen molar-refractivity contribution in [3.63, 3.8) is 0 Å². The SMILES string of the molecule is CC(Oc1ccc([N+](=O)[O-])cc1)C(=O)Nc1ccc(C(=O)NCC2CCCO2)cc1. The molecule has 1 aliphatic heterocycles. The largest absolute Gasteiger partial charge is 0.481 e. The number of hydrogen-bond donors (Lipinski definition) is 2. The Hall–Kier alpha value is -3.46. The molecule has 0 spiro atoms. The molecular formula is C21H23N3O6. The zero-order chi connectivity index (χ0) is 21.5. The Balaban J connectivity index is 1.49. The number of nitro benzene ring substituents is 1. The molecule has 0 aliphatic carbocycles. The molecule has 2 aromatic rings. The molecule has 3 rings (SSSR count). The highest BCUT2D eigenvalue weighted by atomic mass is 16.6. The second kappa shape index (κ2) is 9.84. The maximum Gasteiger partial charge on any atom is 0.269 e. The Morgan fingerprint density at radius 2 is 1.90 bits per heavy atom. The average Bonchev–Trinajstić information content (AvgIpc) is 3.26. The molecule has 0 bridgehead atoms. The molecule has 0 radical (unpaired) electrons. The van der Waals surface area contributed by atoms with Crippen molar-refractivity contribution in [3.05, 3.63) is 64.2 Å². The summed E-state index contributed by atoms with van der Waals surface area (Å²) in [7, 11) is 0. The van der Waals surface area contributed by atoms with Gasteiger partial charge in [-0.3, -0.25) is 19.7 Å². The monoisotopic (exact) mass is 413 g/mol. The molecule has 9 heteroatoms. The fourth-order valence-electron chi connectivity index (χ4n) is 2.97. The number of ether oxygens (including phenoxy) is 2. The second-order valence-corrected chi connectivity index (χ2v) is 6.92. The van der Waals surface area contributed by atoms with Crippen LogP contribution in [0.5, 0.6) is 5.75 Å². The fraction of sp³-hybridized carbons (Fsp3) is 0.333. The van der Waals surface area contributed by atoms with Gasteiger partial charge in [-0.15, -0.1) is 0 Å². The molecule has 158 valence electrons. The predicted molar refractivity (Wildman–Crippen MR) is 110 cm³/mol. The van der Waals surface area contributed by atoms with E-state index in [0.717, 1.165) is 19.4 Å². The summed E-state index contributed by atoms with van der Waals surface area (Å²) in [5.41, 5.74) is 0.954. The highest BCUT2D eigenvalue weighted by molar-refractivity contribution is 5.96. The van der Waals surface area contributed by atoms with E-state index in [1.807, 2.05) is 0 Å². The Morgan fingerprint density at radius 1 is 1.20 bits per heavy atom. The van der Waals surface area contributed by atoms with Crippen LogP contribution in [-0.4, -0.2) is 42.1 Å².